The number of nitrogens with zero attached hydrogens (tertiary/aromatic N) is 2. The summed E-state index contributed by atoms with van der Waals surface area (Å²) in [5.41, 5.74) is 3.25. The van der Waals surface area contributed by atoms with E-state index in [9.17, 15) is 8.42 Å². The smallest absolute Gasteiger partial charge is 0.232 e. The molecule has 1 heterocycles. The van der Waals surface area contributed by atoms with Crippen molar-refractivity contribution in [2.75, 3.05) is 0 Å². The predicted octanol–water partition coefficient (Wildman–Crippen LogP) is 3.98. The molecule has 5 nitrogen and oxygen atoms in total. The van der Waals surface area contributed by atoms with E-state index in [1.165, 1.54) is 12.1 Å². The van der Waals surface area contributed by atoms with Crippen molar-refractivity contribution in [3.05, 3.63) is 70.6 Å². The molecule has 8 heteroatoms. The maximum Gasteiger partial charge on any atom is 0.238 e. The van der Waals surface area contributed by atoms with Crippen LogP contribution in [0.25, 0.3) is 16.9 Å². The van der Waals surface area contributed by atoms with Gasteiger partial charge in [-0.25, -0.2) is 18.2 Å². The number of aromatic nitrogens is 2. The number of hydrogen-bond donors (Lipinski definition) is 1. The molecule has 0 atom stereocenters. The lowest BCUT2D eigenvalue weighted by Crippen LogP contribution is -2.12. The molecule has 0 aliphatic heterocycles. The highest BCUT2D eigenvalue weighted by Crippen LogP contribution is 2.34. The van der Waals surface area contributed by atoms with E-state index in [2.05, 4.69) is 28.0 Å². The molecule has 0 bridgehead atoms. The quantitative estimate of drug-likeness (QED) is 0.668. The average Bonchev–Trinajstić information content (AvgIpc) is 2.91. The van der Waals surface area contributed by atoms with Crippen LogP contribution in [0.1, 0.15) is 5.69 Å². The third-order valence-corrected chi connectivity index (χ3v) is 5.67. The summed E-state index contributed by atoms with van der Waals surface area (Å²) in [7, 11) is -3.74. The molecular formula is C17H14BrClN3O2S. The molecule has 0 spiro atoms. The Balaban J connectivity index is 2.17. The van der Waals surface area contributed by atoms with Crippen molar-refractivity contribution in [3.8, 4) is 16.9 Å². The Kier molecular flexibility index (Phi) is 5.02. The lowest BCUT2D eigenvalue weighted by atomic mass is 10.1. The Bertz CT molecular complexity index is 1010. The fourth-order valence-electron chi connectivity index (χ4n) is 2.42. The predicted molar refractivity (Wildman–Crippen MR) is 102 cm³/mol. The number of hydrogen-bond acceptors (Lipinski definition) is 3. The van der Waals surface area contributed by atoms with E-state index in [1.807, 2.05) is 12.1 Å². The summed E-state index contributed by atoms with van der Waals surface area (Å²) in [6, 6.07) is 13.6. The Morgan fingerprint density at radius 2 is 1.72 bits per heavy atom. The van der Waals surface area contributed by atoms with Crippen LogP contribution >= 0.6 is 27.5 Å². The van der Waals surface area contributed by atoms with E-state index in [1.54, 1.807) is 28.9 Å². The molecule has 0 aliphatic carbocycles. The molecule has 129 valence electrons. The van der Waals surface area contributed by atoms with Gasteiger partial charge in [0, 0.05) is 10.6 Å². The van der Waals surface area contributed by atoms with Gasteiger partial charge in [-0.1, -0.05) is 23.7 Å². The third kappa shape index (κ3) is 3.64. The molecule has 3 rings (SSSR count). The van der Waals surface area contributed by atoms with Crippen LogP contribution in [0.3, 0.4) is 0 Å². The van der Waals surface area contributed by atoms with Crippen LogP contribution in [0.4, 0.5) is 0 Å². The fourth-order valence-corrected chi connectivity index (χ4v) is 3.74. The topological polar surface area (TPSA) is 78.0 Å². The molecule has 2 N–H and O–H groups in total. The molecule has 0 saturated heterocycles. The first-order chi connectivity index (χ1) is 11.8. The first-order valence-electron chi connectivity index (χ1n) is 7.27. The number of nitrogens with two attached hydrogens (primary N) is 1. The third-order valence-electron chi connectivity index (χ3n) is 3.66. The van der Waals surface area contributed by atoms with Gasteiger partial charge in [-0.3, -0.25) is 0 Å². The molecule has 2 aromatic carbocycles. The van der Waals surface area contributed by atoms with E-state index in [0.717, 1.165) is 21.4 Å². The minimum atomic E-state index is -3.74. The van der Waals surface area contributed by atoms with E-state index in [4.69, 9.17) is 16.7 Å². The molecular weight excluding hydrogens is 426 g/mol. The molecule has 3 aromatic rings. The summed E-state index contributed by atoms with van der Waals surface area (Å²) >= 11 is 9.56. The van der Waals surface area contributed by atoms with Gasteiger partial charge in [0.05, 0.1) is 26.4 Å². The van der Waals surface area contributed by atoms with E-state index in [0.29, 0.717) is 17.1 Å². The minimum absolute atomic E-state index is 0.0490. The Morgan fingerprint density at radius 1 is 1.12 bits per heavy atom. The largest absolute Gasteiger partial charge is 0.238 e. The zero-order chi connectivity index (χ0) is 18.2. The van der Waals surface area contributed by atoms with Crippen molar-refractivity contribution in [3.63, 3.8) is 0 Å². The van der Waals surface area contributed by atoms with Gasteiger partial charge in [-0.05, 0) is 65.7 Å². The van der Waals surface area contributed by atoms with Gasteiger partial charge in [0.1, 0.15) is 0 Å². The number of halogens is 2. The standard InChI is InChI=1S/C17H14BrClN3O2S/c1-2-15-16(18)17(11-3-5-12(19)6-4-11)22(21-15)13-7-9-14(10-8-13)25(20,23)24/h3-10H,1-2H2,(H2,20,23,24). The highest BCUT2D eigenvalue weighted by atomic mass is 79.9. The van der Waals surface area contributed by atoms with Gasteiger partial charge in [0.2, 0.25) is 10.0 Å². The van der Waals surface area contributed by atoms with Crippen LogP contribution in [0.15, 0.2) is 57.9 Å². The molecule has 0 saturated carbocycles. The fraction of sp³-hybridized carbons (Fsp3) is 0.0588. The maximum absolute atomic E-state index is 11.4. The molecule has 0 aliphatic rings. The van der Waals surface area contributed by atoms with Crippen LogP contribution in [-0.4, -0.2) is 18.2 Å². The zero-order valence-corrected chi connectivity index (χ0v) is 16.1. The van der Waals surface area contributed by atoms with Crippen LogP contribution in [-0.2, 0) is 16.4 Å². The van der Waals surface area contributed by atoms with E-state index < -0.39 is 10.0 Å². The highest BCUT2D eigenvalue weighted by Gasteiger charge is 2.18. The SMILES string of the molecule is [CH2]Cc1nn(-c2ccc(S(N)(=O)=O)cc2)c(-c2ccc(Cl)cc2)c1Br. The number of primary sulfonamides is 1. The van der Waals surface area contributed by atoms with Gasteiger partial charge in [-0.2, -0.15) is 5.10 Å². The van der Waals surface area contributed by atoms with Gasteiger partial charge < -0.3 is 0 Å². The lowest BCUT2D eigenvalue weighted by molar-refractivity contribution is 0.598. The summed E-state index contributed by atoms with van der Waals surface area (Å²) in [6.45, 7) is 3.90. The molecule has 1 aromatic heterocycles. The summed E-state index contributed by atoms with van der Waals surface area (Å²) < 4.78 is 25.4. The van der Waals surface area contributed by atoms with Crippen LogP contribution in [0, 0.1) is 6.92 Å². The van der Waals surface area contributed by atoms with Crippen LogP contribution in [0.5, 0.6) is 0 Å². The number of sulfonamides is 1. The molecule has 0 amide bonds. The summed E-state index contributed by atoms with van der Waals surface area (Å²) in [4.78, 5) is 0.0490. The van der Waals surface area contributed by atoms with Gasteiger partial charge in [0.25, 0.3) is 0 Å². The monoisotopic (exact) mass is 438 g/mol. The highest BCUT2D eigenvalue weighted by molar-refractivity contribution is 9.10. The van der Waals surface area contributed by atoms with Crippen LogP contribution < -0.4 is 5.14 Å². The second-order valence-corrected chi connectivity index (χ2v) is 8.11. The van der Waals surface area contributed by atoms with Crippen LogP contribution in [0.2, 0.25) is 5.02 Å². The second kappa shape index (κ2) is 6.92. The van der Waals surface area contributed by atoms with Crippen molar-refractivity contribution in [1.82, 2.24) is 9.78 Å². The molecule has 1 radical (unpaired) electrons. The van der Waals surface area contributed by atoms with E-state index in [-0.39, 0.29) is 4.90 Å². The summed E-state index contributed by atoms with van der Waals surface area (Å²) in [5.74, 6) is 0. The van der Waals surface area contributed by atoms with Crippen molar-refractivity contribution in [2.45, 2.75) is 11.3 Å². The van der Waals surface area contributed by atoms with Crippen molar-refractivity contribution in [2.24, 2.45) is 5.14 Å². The first-order valence-corrected chi connectivity index (χ1v) is 9.99. The average molecular weight is 440 g/mol. The first kappa shape index (κ1) is 18.1. The summed E-state index contributed by atoms with van der Waals surface area (Å²) in [6.07, 6.45) is 0.503. The van der Waals surface area contributed by atoms with Gasteiger partial charge >= 0.3 is 0 Å². The maximum atomic E-state index is 11.4. The van der Waals surface area contributed by atoms with Crippen molar-refractivity contribution >= 4 is 37.6 Å². The lowest BCUT2D eigenvalue weighted by Gasteiger charge is -2.09. The van der Waals surface area contributed by atoms with Crippen molar-refractivity contribution in [1.29, 1.82) is 0 Å². The van der Waals surface area contributed by atoms with Gasteiger partial charge in [-0.15, -0.1) is 0 Å². The van der Waals surface area contributed by atoms with Gasteiger partial charge in [0.15, 0.2) is 0 Å². The minimum Gasteiger partial charge on any atom is -0.232 e. The number of rotatable bonds is 4. The summed E-state index contributed by atoms with van der Waals surface area (Å²) in [5, 5.41) is 10.4. The zero-order valence-electron chi connectivity index (χ0n) is 13.0. The Hall–Kier alpha value is -1.67. The van der Waals surface area contributed by atoms with E-state index >= 15 is 0 Å². The second-order valence-electron chi connectivity index (χ2n) is 5.32. The molecule has 0 unspecified atom stereocenters. The molecule has 25 heavy (non-hydrogen) atoms. The number of benzene rings is 2. The Labute approximate surface area is 159 Å². The van der Waals surface area contributed by atoms with Crippen molar-refractivity contribution < 1.29 is 8.42 Å². The Morgan fingerprint density at radius 3 is 2.24 bits per heavy atom. The molecule has 0 fully saturated rings. The normalized spacial score (nSPS) is 11.7.